The number of nitrogens with zero attached hydrogens (tertiary/aromatic N) is 3. The maximum Gasteiger partial charge on any atom is 0.271 e. The average molecular weight is 285 g/mol. The summed E-state index contributed by atoms with van der Waals surface area (Å²) in [6, 6.07) is 11.3. The van der Waals surface area contributed by atoms with Crippen molar-refractivity contribution < 1.29 is 4.79 Å². The molecule has 110 valence electrons. The molecule has 0 unspecified atom stereocenters. The average Bonchev–Trinajstić information content (AvgIpc) is 2.54. The fourth-order valence-corrected chi connectivity index (χ4v) is 1.86. The number of hydrogen-bond donors (Lipinski definition) is 2. The Hall–Kier alpha value is -2.47. The van der Waals surface area contributed by atoms with Gasteiger partial charge in [0.2, 0.25) is 0 Å². The van der Waals surface area contributed by atoms with Gasteiger partial charge in [-0.2, -0.15) is 0 Å². The van der Waals surface area contributed by atoms with E-state index in [0.717, 1.165) is 11.3 Å². The van der Waals surface area contributed by atoms with E-state index in [1.165, 1.54) is 0 Å². The van der Waals surface area contributed by atoms with E-state index in [0.29, 0.717) is 24.6 Å². The Balaban J connectivity index is 2.15. The summed E-state index contributed by atoms with van der Waals surface area (Å²) < 4.78 is 0. The van der Waals surface area contributed by atoms with Crippen LogP contribution in [-0.4, -0.2) is 29.7 Å². The maximum atomic E-state index is 11.6. The predicted molar refractivity (Wildman–Crippen MR) is 82.4 cm³/mol. The van der Waals surface area contributed by atoms with E-state index >= 15 is 0 Å². The van der Waals surface area contributed by atoms with E-state index in [1.54, 1.807) is 12.1 Å². The van der Waals surface area contributed by atoms with Gasteiger partial charge in [-0.25, -0.2) is 0 Å². The Morgan fingerprint density at radius 2 is 1.90 bits per heavy atom. The van der Waals surface area contributed by atoms with E-state index in [-0.39, 0.29) is 5.91 Å². The van der Waals surface area contributed by atoms with E-state index in [1.807, 2.05) is 43.1 Å². The zero-order valence-electron chi connectivity index (χ0n) is 12.2. The molecule has 0 radical (unpaired) electrons. The number of hydrogen-bond acceptors (Lipinski definition) is 5. The van der Waals surface area contributed by atoms with Crippen LogP contribution >= 0.6 is 0 Å². The van der Waals surface area contributed by atoms with E-state index in [9.17, 15) is 4.79 Å². The molecule has 0 saturated carbocycles. The number of benzene rings is 1. The van der Waals surface area contributed by atoms with Gasteiger partial charge in [-0.05, 0) is 36.8 Å². The number of rotatable bonds is 5. The second-order valence-corrected chi connectivity index (χ2v) is 4.57. The molecule has 3 N–H and O–H groups in total. The van der Waals surface area contributed by atoms with Crippen LogP contribution in [0.3, 0.4) is 0 Å². The molecular weight excluding hydrogens is 266 g/mol. The summed E-state index contributed by atoms with van der Waals surface area (Å²) in [6.07, 6.45) is 0. The fourth-order valence-electron chi connectivity index (χ4n) is 1.86. The van der Waals surface area contributed by atoms with Crippen molar-refractivity contribution in [3.8, 4) is 0 Å². The van der Waals surface area contributed by atoms with Gasteiger partial charge in [-0.15, -0.1) is 10.2 Å². The summed E-state index contributed by atoms with van der Waals surface area (Å²) in [7, 11) is 1.90. The first-order valence-electron chi connectivity index (χ1n) is 6.80. The Morgan fingerprint density at radius 3 is 2.43 bits per heavy atom. The normalized spacial score (nSPS) is 10.2. The Labute approximate surface area is 124 Å². The molecule has 0 atom stereocenters. The zero-order valence-corrected chi connectivity index (χ0v) is 12.2. The number of amides is 1. The minimum absolute atomic E-state index is 0.216. The molecule has 1 heterocycles. The van der Waals surface area contributed by atoms with Crippen LogP contribution in [0.1, 0.15) is 23.0 Å². The van der Waals surface area contributed by atoms with Crippen molar-refractivity contribution in [1.29, 1.82) is 0 Å². The van der Waals surface area contributed by atoms with Crippen molar-refractivity contribution in [1.82, 2.24) is 15.5 Å². The van der Waals surface area contributed by atoms with Gasteiger partial charge in [0.25, 0.3) is 5.91 Å². The van der Waals surface area contributed by atoms with Crippen LogP contribution in [0.4, 0.5) is 11.5 Å². The molecule has 0 aliphatic carbocycles. The lowest BCUT2D eigenvalue weighted by Gasteiger charge is -2.18. The van der Waals surface area contributed by atoms with Crippen LogP contribution in [0.25, 0.3) is 0 Å². The van der Waals surface area contributed by atoms with E-state index in [2.05, 4.69) is 15.5 Å². The van der Waals surface area contributed by atoms with Gasteiger partial charge in [0.05, 0.1) is 0 Å². The highest BCUT2D eigenvalue weighted by Crippen LogP contribution is 2.21. The monoisotopic (exact) mass is 285 g/mol. The molecule has 0 spiro atoms. The van der Waals surface area contributed by atoms with Gasteiger partial charge in [-0.3, -0.25) is 4.79 Å². The molecule has 0 bridgehead atoms. The van der Waals surface area contributed by atoms with Crippen molar-refractivity contribution in [3.05, 3.63) is 47.7 Å². The molecule has 0 saturated heterocycles. The Morgan fingerprint density at radius 1 is 1.19 bits per heavy atom. The van der Waals surface area contributed by atoms with Crippen LogP contribution in [0.2, 0.25) is 0 Å². The lowest BCUT2D eigenvalue weighted by atomic mass is 10.2. The molecule has 6 heteroatoms. The summed E-state index contributed by atoms with van der Waals surface area (Å²) in [4.78, 5) is 13.5. The Kier molecular flexibility index (Phi) is 4.84. The van der Waals surface area contributed by atoms with Gasteiger partial charge < -0.3 is 16.0 Å². The molecule has 1 aromatic carbocycles. The molecule has 6 nitrogen and oxygen atoms in total. The number of anilines is 2. The summed E-state index contributed by atoms with van der Waals surface area (Å²) in [5.41, 5.74) is 7.95. The van der Waals surface area contributed by atoms with Crippen molar-refractivity contribution in [2.45, 2.75) is 13.5 Å². The number of carbonyl (C=O) groups excluding carboxylic acids is 1. The van der Waals surface area contributed by atoms with Gasteiger partial charge in [-0.1, -0.05) is 12.1 Å². The van der Waals surface area contributed by atoms with Crippen LogP contribution in [0.5, 0.6) is 0 Å². The Bertz CT molecular complexity index is 594. The summed E-state index contributed by atoms with van der Waals surface area (Å²) >= 11 is 0. The lowest BCUT2D eigenvalue weighted by molar-refractivity contribution is 0.0950. The zero-order chi connectivity index (χ0) is 15.2. The van der Waals surface area contributed by atoms with Crippen LogP contribution in [0.15, 0.2) is 36.4 Å². The minimum Gasteiger partial charge on any atom is -0.351 e. The van der Waals surface area contributed by atoms with Crippen molar-refractivity contribution in [2.24, 2.45) is 5.73 Å². The smallest absolute Gasteiger partial charge is 0.271 e. The third-order valence-electron chi connectivity index (χ3n) is 3.12. The molecule has 1 aromatic heterocycles. The van der Waals surface area contributed by atoms with Crippen molar-refractivity contribution in [2.75, 3.05) is 18.5 Å². The van der Waals surface area contributed by atoms with Gasteiger partial charge >= 0.3 is 0 Å². The SMILES string of the molecule is CCNC(=O)c1ccc(N(C)c2ccc(CN)cc2)nn1. The summed E-state index contributed by atoms with van der Waals surface area (Å²) in [5, 5.41) is 10.7. The summed E-state index contributed by atoms with van der Waals surface area (Å²) in [5.74, 6) is 0.454. The number of nitrogens with one attached hydrogen (secondary N) is 1. The highest BCUT2D eigenvalue weighted by atomic mass is 16.1. The molecule has 1 amide bonds. The van der Waals surface area contributed by atoms with Gasteiger partial charge in [0.1, 0.15) is 0 Å². The highest BCUT2D eigenvalue weighted by molar-refractivity contribution is 5.92. The highest BCUT2D eigenvalue weighted by Gasteiger charge is 2.10. The first-order valence-corrected chi connectivity index (χ1v) is 6.80. The van der Waals surface area contributed by atoms with Gasteiger partial charge in [0.15, 0.2) is 11.5 Å². The maximum absolute atomic E-state index is 11.6. The molecule has 0 aliphatic heterocycles. The largest absolute Gasteiger partial charge is 0.351 e. The quantitative estimate of drug-likeness (QED) is 0.868. The molecular formula is C15H19N5O. The molecule has 21 heavy (non-hydrogen) atoms. The predicted octanol–water partition coefficient (Wildman–Crippen LogP) is 1.45. The first kappa shape index (κ1) is 14.9. The number of nitrogens with two attached hydrogens (primary N) is 1. The second-order valence-electron chi connectivity index (χ2n) is 4.57. The number of aromatic nitrogens is 2. The first-order chi connectivity index (χ1) is 10.2. The van der Waals surface area contributed by atoms with E-state index in [4.69, 9.17) is 5.73 Å². The van der Waals surface area contributed by atoms with Crippen LogP contribution < -0.4 is 16.0 Å². The standard InChI is InChI=1S/C15H19N5O/c1-3-17-15(21)13-8-9-14(19-18-13)20(2)12-6-4-11(10-16)5-7-12/h4-9H,3,10,16H2,1-2H3,(H,17,21). The third-order valence-corrected chi connectivity index (χ3v) is 3.12. The molecule has 2 rings (SSSR count). The summed E-state index contributed by atoms with van der Waals surface area (Å²) in [6.45, 7) is 2.94. The second kappa shape index (κ2) is 6.81. The van der Waals surface area contributed by atoms with Crippen LogP contribution in [0, 0.1) is 0 Å². The fraction of sp³-hybridized carbons (Fsp3) is 0.267. The number of carbonyl (C=O) groups is 1. The van der Waals surface area contributed by atoms with Crippen molar-refractivity contribution >= 4 is 17.4 Å². The molecule has 2 aromatic rings. The van der Waals surface area contributed by atoms with Crippen LogP contribution in [-0.2, 0) is 6.54 Å². The molecule has 0 aliphatic rings. The topological polar surface area (TPSA) is 84.1 Å². The van der Waals surface area contributed by atoms with Gasteiger partial charge in [0, 0.05) is 25.8 Å². The van der Waals surface area contributed by atoms with Crippen molar-refractivity contribution in [3.63, 3.8) is 0 Å². The third kappa shape index (κ3) is 3.55. The van der Waals surface area contributed by atoms with E-state index < -0.39 is 0 Å². The molecule has 0 fully saturated rings. The minimum atomic E-state index is -0.216. The lowest BCUT2D eigenvalue weighted by Crippen LogP contribution is -2.24.